The summed E-state index contributed by atoms with van der Waals surface area (Å²) >= 11 is 3.56. The fourth-order valence-corrected chi connectivity index (χ4v) is 1.86. The number of halogens is 1. The monoisotopic (exact) mass is 272 g/mol. The van der Waals surface area contributed by atoms with E-state index in [1.807, 2.05) is 6.20 Å². The molecule has 1 heterocycles. The first-order valence-electron chi connectivity index (χ1n) is 5.35. The molecule has 0 saturated carbocycles. The van der Waals surface area contributed by atoms with Crippen molar-refractivity contribution in [3.63, 3.8) is 0 Å². The summed E-state index contributed by atoms with van der Waals surface area (Å²) in [6.07, 6.45) is 3.02. The summed E-state index contributed by atoms with van der Waals surface area (Å²) in [5, 5.41) is 8.30. The second-order valence-electron chi connectivity index (χ2n) is 5.99. The minimum atomic E-state index is 0.147. The summed E-state index contributed by atoms with van der Waals surface area (Å²) in [6.45, 7) is 11.2. The van der Waals surface area contributed by atoms with Crippen molar-refractivity contribution in [3.8, 4) is 0 Å². The molecule has 0 aliphatic heterocycles. The summed E-state index contributed by atoms with van der Waals surface area (Å²) in [4.78, 5) is 0. The predicted molar refractivity (Wildman–Crippen MR) is 68.6 cm³/mol. The number of H-pyrrole nitrogens is 1. The highest BCUT2D eigenvalue weighted by Crippen LogP contribution is 2.30. The van der Waals surface area contributed by atoms with E-state index in [1.165, 1.54) is 11.3 Å². The number of nitrogens with zero attached hydrogens (tertiary/aromatic N) is 1. The maximum atomic E-state index is 4.17. The van der Waals surface area contributed by atoms with Crippen LogP contribution in [0.25, 0.3) is 0 Å². The van der Waals surface area contributed by atoms with Crippen molar-refractivity contribution in [2.45, 2.75) is 46.5 Å². The van der Waals surface area contributed by atoms with Gasteiger partial charge < -0.3 is 0 Å². The van der Waals surface area contributed by atoms with Crippen LogP contribution in [0.1, 0.15) is 45.9 Å². The van der Waals surface area contributed by atoms with E-state index in [1.54, 1.807) is 0 Å². The largest absolute Gasteiger partial charge is 0.282 e. The Hall–Kier alpha value is -0.310. The van der Waals surface area contributed by atoms with Gasteiger partial charge in [-0.25, -0.2) is 0 Å². The molecule has 1 aromatic rings. The third-order valence-corrected chi connectivity index (χ3v) is 4.02. The number of rotatable bonds is 3. The SMILES string of the molecule is CC(C)(CBr)Cc1cn[nH]c1C(C)(C)C. The fraction of sp³-hybridized carbons (Fsp3) is 0.750. The molecule has 2 nitrogen and oxygen atoms in total. The van der Waals surface area contributed by atoms with Gasteiger partial charge in [-0.3, -0.25) is 5.10 Å². The highest BCUT2D eigenvalue weighted by atomic mass is 79.9. The molecule has 0 bridgehead atoms. The maximum Gasteiger partial charge on any atom is 0.0522 e. The standard InChI is InChI=1S/C12H21BrN2/c1-11(2,3)10-9(7-14-15-10)6-12(4,5)8-13/h7H,6,8H2,1-5H3,(H,14,15). The van der Waals surface area contributed by atoms with Crippen LogP contribution in [0.2, 0.25) is 0 Å². The molecule has 0 aromatic carbocycles. The molecule has 0 spiro atoms. The predicted octanol–water partition coefficient (Wildman–Crippen LogP) is 3.67. The van der Waals surface area contributed by atoms with Crippen LogP contribution in [-0.4, -0.2) is 15.5 Å². The molecule has 1 aromatic heterocycles. The van der Waals surface area contributed by atoms with Gasteiger partial charge in [0, 0.05) is 16.4 Å². The minimum Gasteiger partial charge on any atom is -0.282 e. The van der Waals surface area contributed by atoms with E-state index in [2.05, 4.69) is 60.7 Å². The summed E-state index contributed by atoms with van der Waals surface area (Å²) in [6, 6.07) is 0. The molecule has 1 rings (SSSR count). The van der Waals surface area contributed by atoms with Crippen molar-refractivity contribution >= 4 is 15.9 Å². The highest BCUT2D eigenvalue weighted by Gasteiger charge is 2.24. The van der Waals surface area contributed by atoms with Gasteiger partial charge in [0.05, 0.1) is 6.20 Å². The summed E-state index contributed by atoms with van der Waals surface area (Å²) in [7, 11) is 0. The van der Waals surface area contributed by atoms with E-state index < -0.39 is 0 Å². The Labute approximate surface area is 101 Å². The smallest absolute Gasteiger partial charge is 0.0522 e. The lowest BCUT2D eigenvalue weighted by molar-refractivity contribution is 0.418. The molecule has 0 aliphatic carbocycles. The van der Waals surface area contributed by atoms with E-state index in [4.69, 9.17) is 0 Å². The second-order valence-corrected chi connectivity index (χ2v) is 6.56. The van der Waals surface area contributed by atoms with Crippen LogP contribution in [0.15, 0.2) is 6.20 Å². The first-order valence-corrected chi connectivity index (χ1v) is 6.47. The Morgan fingerprint density at radius 2 is 1.87 bits per heavy atom. The van der Waals surface area contributed by atoms with Crippen molar-refractivity contribution in [1.82, 2.24) is 10.2 Å². The normalized spacial score (nSPS) is 13.2. The van der Waals surface area contributed by atoms with Gasteiger partial charge in [0.2, 0.25) is 0 Å². The first kappa shape index (κ1) is 12.8. The number of hydrogen-bond acceptors (Lipinski definition) is 1. The van der Waals surface area contributed by atoms with Gasteiger partial charge in [0.25, 0.3) is 0 Å². The van der Waals surface area contributed by atoms with Crippen molar-refractivity contribution in [2.75, 3.05) is 5.33 Å². The molecule has 0 aliphatic rings. The van der Waals surface area contributed by atoms with Gasteiger partial charge in [-0.05, 0) is 17.4 Å². The van der Waals surface area contributed by atoms with E-state index >= 15 is 0 Å². The molecule has 0 atom stereocenters. The topological polar surface area (TPSA) is 28.7 Å². The Kier molecular flexibility index (Phi) is 3.64. The van der Waals surface area contributed by atoms with Gasteiger partial charge in [-0.15, -0.1) is 0 Å². The average molecular weight is 273 g/mol. The van der Waals surface area contributed by atoms with Crippen molar-refractivity contribution in [2.24, 2.45) is 5.41 Å². The van der Waals surface area contributed by atoms with Crippen LogP contribution in [0, 0.1) is 5.41 Å². The number of aromatic amines is 1. The van der Waals surface area contributed by atoms with E-state index in [0.29, 0.717) is 0 Å². The zero-order valence-electron chi connectivity index (χ0n) is 10.3. The molecule has 0 radical (unpaired) electrons. The summed E-state index contributed by atoms with van der Waals surface area (Å²) in [5.41, 5.74) is 3.03. The van der Waals surface area contributed by atoms with Gasteiger partial charge in [-0.2, -0.15) is 5.10 Å². The molecule has 15 heavy (non-hydrogen) atoms. The first-order chi connectivity index (χ1) is 6.76. The molecule has 0 unspecified atom stereocenters. The van der Waals surface area contributed by atoms with Crippen LogP contribution in [-0.2, 0) is 11.8 Å². The molecule has 0 saturated heterocycles. The molecule has 3 heteroatoms. The molecular formula is C12H21BrN2. The third kappa shape index (κ3) is 3.33. The lowest BCUT2D eigenvalue weighted by atomic mass is 9.83. The zero-order valence-corrected chi connectivity index (χ0v) is 11.9. The van der Waals surface area contributed by atoms with Crippen molar-refractivity contribution in [3.05, 3.63) is 17.5 Å². The van der Waals surface area contributed by atoms with E-state index in [9.17, 15) is 0 Å². The number of nitrogens with one attached hydrogen (secondary N) is 1. The molecule has 1 N–H and O–H groups in total. The van der Waals surface area contributed by atoms with Crippen molar-refractivity contribution < 1.29 is 0 Å². The quantitative estimate of drug-likeness (QED) is 0.836. The van der Waals surface area contributed by atoms with Crippen LogP contribution in [0.3, 0.4) is 0 Å². The Bertz CT molecular complexity index is 321. The van der Waals surface area contributed by atoms with Crippen molar-refractivity contribution in [1.29, 1.82) is 0 Å². The van der Waals surface area contributed by atoms with E-state index in [0.717, 1.165) is 11.8 Å². The fourth-order valence-electron chi connectivity index (χ4n) is 1.66. The van der Waals surface area contributed by atoms with Gasteiger partial charge in [0.1, 0.15) is 0 Å². The zero-order chi connectivity index (χ0) is 11.7. The van der Waals surface area contributed by atoms with Crippen LogP contribution in [0.4, 0.5) is 0 Å². The van der Waals surface area contributed by atoms with Crippen LogP contribution >= 0.6 is 15.9 Å². The Morgan fingerprint density at radius 3 is 2.33 bits per heavy atom. The molecule has 0 fully saturated rings. The minimum absolute atomic E-state index is 0.147. The molecule has 0 amide bonds. The number of hydrogen-bond donors (Lipinski definition) is 1. The maximum absolute atomic E-state index is 4.17. The van der Waals surface area contributed by atoms with Gasteiger partial charge in [0.15, 0.2) is 0 Å². The summed E-state index contributed by atoms with van der Waals surface area (Å²) < 4.78 is 0. The Morgan fingerprint density at radius 1 is 1.27 bits per heavy atom. The average Bonchev–Trinajstić information content (AvgIpc) is 2.50. The highest BCUT2D eigenvalue weighted by molar-refractivity contribution is 9.09. The Balaban J connectivity index is 2.92. The third-order valence-electron chi connectivity index (χ3n) is 2.50. The van der Waals surface area contributed by atoms with Gasteiger partial charge in [-0.1, -0.05) is 50.5 Å². The van der Waals surface area contributed by atoms with E-state index in [-0.39, 0.29) is 10.8 Å². The van der Waals surface area contributed by atoms with Gasteiger partial charge >= 0.3 is 0 Å². The number of aromatic nitrogens is 2. The van der Waals surface area contributed by atoms with Crippen LogP contribution in [0.5, 0.6) is 0 Å². The lowest BCUT2D eigenvalue weighted by Gasteiger charge is -2.24. The molecular weight excluding hydrogens is 252 g/mol. The molecule has 86 valence electrons. The number of alkyl halides is 1. The summed E-state index contributed by atoms with van der Waals surface area (Å²) in [5.74, 6) is 0. The van der Waals surface area contributed by atoms with Crippen LogP contribution < -0.4 is 0 Å². The lowest BCUT2D eigenvalue weighted by Crippen LogP contribution is -2.20. The second kappa shape index (κ2) is 4.28.